The SMILES string of the molecule is Cc1ccn(C(C)c2ccccc2)c(=O)c1C(=O)N1CCC(Cn2ccnc2)CC1. The predicted molar refractivity (Wildman–Crippen MR) is 117 cm³/mol. The number of carbonyl (C=O) groups is 1. The molecule has 6 nitrogen and oxygen atoms in total. The molecule has 1 atom stereocenters. The van der Waals surface area contributed by atoms with Crippen molar-refractivity contribution in [1.82, 2.24) is 19.0 Å². The van der Waals surface area contributed by atoms with Gasteiger partial charge in [-0.25, -0.2) is 4.98 Å². The van der Waals surface area contributed by atoms with E-state index in [0.717, 1.165) is 30.5 Å². The fourth-order valence-electron chi connectivity index (χ4n) is 4.27. The standard InChI is InChI=1S/C24H28N4O2/c1-18-8-14-28(19(2)21-6-4-3-5-7-21)24(30)22(18)23(29)27-12-9-20(10-13-27)16-26-15-11-25-17-26/h3-8,11,14-15,17,19-20H,9-10,12-13,16H2,1-2H3. The summed E-state index contributed by atoms with van der Waals surface area (Å²) in [5.41, 5.74) is 1.87. The first kappa shape index (κ1) is 20.1. The van der Waals surface area contributed by atoms with Crippen LogP contribution in [0.15, 0.2) is 66.1 Å². The number of pyridine rings is 1. The summed E-state index contributed by atoms with van der Waals surface area (Å²) in [6, 6.07) is 11.6. The predicted octanol–water partition coefficient (Wildman–Crippen LogP) is 3.51. The average Bonchev–Trinajstić information content (AvgIpc) is 3.27. The number of aromatic nitrogens is 3. The van der Waals surface area contributed by atoms with Crippen molar-refractivity contribution in [2.45, 2.75) is 39.3 Å². The van der Waals surface area contributed by atoms with Gasteiger partial charge in [0.05, 0.1) is 12.4 Å². The van der Waals surface area contributed by atoms with E-state index in [-0.39, 0.29) is 17.5 Å². The zero-order valence-corrected chi connectivity index (χ0v) is 17.6. The summed E-state index contributed by atoms with van der Waals surface area (Å²) in [6.07, 6.45) is 9.26. The summed E-state index contributed by atoms with van der Waals surface area (Å²) in [5.74, 6) is 0.378. The largest absolute Gasteiger partial charge is 0.338 e. The number of hydrogen-bond donors (Lipinski definition) is 0. The quantitative estimate of drug-likeness (QED) is 0.654. The molecule has 0 N–H and O–H groups in total. The van der Waals surface area contributed by atoms with Crippen LogP contribution in [0.3, 0.4) is 0 Å². The summed E-state index contributed by atoms with van der Waals surface area (Å²) in [7, 11) is 0. The number of amides is 1. The molecule has 156 valence electrons. The summed E-state index contributed by atoms with van der Waals surface area (Å²) in [5, 5.41) is 0. The molecule has 2 aromatic heterocycles. The van der Waals surface area contributed by atoms with Crippen molar-refractivity contribution in [2.75, 3.05) is 13.1 Å². The Kier molecular flexibility index (Phi) is 5.84. The Morgan fingerprint density at radius 1 is 1.13 bits per heavy atom. The van der Waals surface area contributed by atoms with E-state index in [1.54, 1.807) is 17.0 Å². The van der Waals surface area contributed by atoms with Crippen LogP contribution in [0.1, 0.15) is 47.3 Å². The molecule has 0 aliphatic carbocycles. The monoisotopic (exact) mass is 404 g/mol. The second-order valence-electron chi connectivity index (χ2n) is 8.17. The van der Waals surface area contributed by atoms with Crippen molar-refractivity contribution in [3.63, 3.8) is 0 Å². The number of piperidine rings is 1. The Hall–Kier alpha value is -3.15. The molecule has 1 saturated heterocycles. The van der Waals surface area contributed by atoms with Gasteiger partial charge in [0, 0.05) is 38.2 Å². The van der Waals surface area contributed by atoms with Crippen LogP contribution in [-0.2, 0) is 6.54 Å². The topological polar surface area (TPSA) is 60.1 Å². The molecule has 1 aromatic carbocycles. The van der Waals surface area contributed by atoms with Crippen LogP contribution >= 0.6 is 0 Å². The molecule has 0 bridgehead atoms. The number of benzene rings is 1. The molecule has 3 heterocycles. The second-order valence-corrected chi connectivity index (χ2v) is 8.17. The third kappa shape index (κ3) is 4.08. The maximum absolute atomic E-state index is 13.3. The van der Waals surface area contributed by atoms with E-state index in [2.05, 4.69) is 9.55 Å². The minimum absolute atomic E-state index is 0.133. The van der Waals surface area contributed by atoms with Crippen molar-refractivity contribution in [3.05, 3.63) is 88.4 Å². The third-order valence-electron chi connectivity index (χ3n) is 6.17. The number of hydrogen-bond acceptors (Lipinski definition) is 3. The third-order valence-corrected chi connectivity index (χ3v) is 6.17. The average molecular weight is 405 g/mol. The zero-order chi connectivity index (χ0) is 21.1. The van der Waals surface area contributed by atoms with E-state index in [4.69, 9.17) is 0 Å². The van der Waals surface area contributed by atoms with E-state index >= 15 is 0 Å². The molecule has 6 heteroatoms. The molecule has 30 heavy (non-hydrogen) atoms. The Balaban J connectivity index is 1.51. The lowest BCUT2D eigenvalue weighted by molar-refractivity contribution is 0.0679. The second kappa shape index (κ2) is 8.69. The molecule has 1 aliphatic heterocycles. The maximum atomic E-state index is 13.3. The minimum Gasteiger partial charge on any atom is -0.338 e. The zero-order valence-electron chi connectivity index (χ0n) is 17.6. The Labute approximate surface area is 176 Å². The van der Waals surface area contributed by atoms with E-state index in [1.165, 1.54) is 0 Å². The highest BCUT2D eigenvalue weighted by Gasteiger charge is 2.27. The van der Waals surface area contributed by atoms with Gasteiger partial charge in [-0.2, -0.15) is 0 Å². The van der Waals surface area contributed by atoms with Gasteiger partial charge in [-0.1, -0.05) is 30.3 Å². The molecule has 3 aromatic rings. The number of carbonyl (C=O) groups excluding carboxylic acids is 1. The molecular weight excluding hydrogens is 376 g/mol. The molecule has 0 spiro atoms. The first-order valence-corrected chi connectivity index (χ1v) is 10.6. The normalized spacial score (nSPS) is 15.9. The summed E-state index contributed by atoms with van der Waals surface area (Å²) in [6.45, 7) is 6.12. The molecule has 1 amide bonds. The van der Waals surface area contributed by atoms with Crippen LogP contribution < -0.4 is 5.56 Å². The summed E-state index contributed by atoms with van der Waals surface area (Å²) >= 11 is 0. The lowest BCUT2D eigenvalue weighted by Crippen LogP contribution is -2.42. The van der Waals surface area contributed by atoms with Crippen LogP contribution in [-0.4, -0.2) is 38.0 Å². The van der Waals surface area contributed by atoms with E-state index < -0.39 is 0 Å². The molecule has 4 rings (SSSR count). The fraction of sp³-hybridized carbons (Fsp3) is 0.375. The molecule has 1 fully saturated rings. The van der Waals surface area contributed by atoms with Gasteiger partial charge in [-0.3, -0.25) is 9.59 Å². The summed E-state index contributed by atoms with van der Waals surface area (Å²) in [4.78, 5) is 32.5. The molecule has 1 aliphatic rings. The maximum Gasteiger partial charge on any atom is 0.264 e. The van der Waals surface area contributed by atoms with Gasteiger partial charge in [0.15, 0.2) is 0 Å². The van der Waals surface area contributed by atoms with E-state index in [0.29, 0.717) is 24.6 Å². The summed E-state index contributed by atoms with van der Waals surface area (Å²) < 4.78 is 3.76. The van der Waals surface area contributed by atoms with Crippen molar-refractivity contribution >= 4 is 5.91 Å². The van der Waals surface area contributed by atoms with Crippen LogP contribution in [0.25, 0.3) is 0 Å². The van der Waals surface area contributed by atoms with Crippen molar-refractivity contribution in [1.29, 1.82) is 0 Å². The molecule has 0 saturated carbocycles. The van der Waals surface area contributed by atoms with E-state index in [1.807, 2.05) is 67.7 Å². The van der Waals surface area contributed by atoms with Crippen molar-refractivity contribution < 1.29 is 4.79 Å². The number of nitrogens with zero attached hydrogens (tertiary/aromatic N) is 4. The fourth-order valence-corrected chi connectivity index (χ4v) is 4.27. The Morgan fingerprint density at radius 3 is 2.53 bits per heavy atom. The smallest absolute Gasteiger partial charge is 0.264 e. The molecular formula is C24H28N4O2. The minimum atomic E-state index is -0.211. The van der Waals surface area contributed by atoms with Gasteiger partial charge < -0.3 is 14.0 Å². The highest BCUT2D eigenvalue weighted by atomic mass is 16.2. The van der Waals surface area contributed by atoms with Crippen molar-refractivity contribution in [2.24, 2.45) is 5.92 Å². The number of imidazole rings is 1. The Morgan fingerprint density at radius 2 is 1.87 bits per heavy atom. The molecule has 0 radical (unpaired) electrons. The van der Waals surface area contributed by atoms with E-state index in [9.17, 15) is 9.59 Å². The number of aryl methyl sites for hydroxylation is 1. The first-order chi connectivity index (χ1) is 14.5. The molecule has 1 unspecified atom stereocenters. The Bertz CT molecular complexity index is 1050. The lowest BCUT2D eigenvalue weighted by atomic mass is 9.96. The van der Waals surface area contributed by atoms with Gasteiger partial charge in [0.25, 0.3) is 11.5 Å². The number of likely N-dealkylation sites (tertiary alicyclic amines) is 1. The first-order valence-electron chi connectivity index (χ1n) is 10.6. The van der Waals surface area contributed by atoms with Gasteiger partial charge in [-0.05, 0) is 49.8 Å². The van der Waals surface area contributed by atoms with Crippen LogP contribution in [0.2, 0.25) is 0 Å². The number of rotatable bonds is 5. The highest BCUT2D eigenvalue weighted by molar-refractivity contribution is 5.95. The van der Waals surface area contributed by atoms with Crippen LogP contribution in [0.4, 0.5) is 0 Å². The van der Waals surface area contributed by atoms with Crippen molar-refractivity contribution in [3.8, 4) is 0 Å². The van der Waals surface area contributed by atoms with Gasteiger partial charge >= 0.3 is 0 Å². The van der Waals surface area contributed by atoms with Crippen LogP contribution in [0, 0.1) is 12.8 Å². The lowest BCUT2D eigenvalue weighted by Gasteiger charge is -2.32. The highest BCUT2D eigenvalue weighted by Crippen LogP contribution is 2.22. The van der Waals surface area contributed by atoms with Crippen LogP contribution in [0.5, 0.6) is 0 Å². The van der Waals surface area contributed by atoms with Gasteiger partial charge in [0.1, 0.15) is 5.56 Å². The van der Waals surface area contributed by atoms with Gasteiger partial charge in [0.2, 0.25) is 0 Å². The van der Waals surface area contributed by atoms with Gasteiger partial charge in [-0.15, -0.1) is 0 Å².